The molecule has 0 saturated carbocycles. The number of nitrogens with zero attached hydrogens (tertiary/aromatic N) is 2. The summed E-state index contributed by atoms with van der Waals surface area (Å²) >= 11 is 1.72. The number of hydrogen-bond donors (Lipinski definition) is 1. The summed E-state index contributed by atoms with van der Waals surface area (Å²) in [4.78, 5) is 8.04. The number of aromatic nitrogens is 1. The fourth-order valence-electron chi connectivity index (χ4n) is 1.51. The van der Waals surface area contributed by atoms with Crippen molar-refractivity contribution in [3.05, 3.63) is 10.6 Å². The molecule has 1 unspecified atom stereocenters. The second kappa shape index (κ2) is 4.47. The van der Waals surface area contributed by atoms with Crippen molar-refractivity contribution in [3.8, 4) is 0 Å². The van der Waals surface area contributed by atoms with Gasteiger partial charge in [0.1, 0.15) is 0 Å². The zero-order chi connectivity index (χ0) is 10.8. The Kier molecular flexibility index (Phi) is 3.23. The number of likely N-dealkylation sites (N-methyl/N-ethyl adjacent to an activating group) is 1. The van der Waals surface area contributed by atoms with Crippen LogP contribution in [0.25, 0.3) is 0 Å². The zero-order valence-corrected chi connectivity index (χ0v) is 10.0. The van der Waals surface area contributed by atoms with E-state index in [2.05, 4.69) is 16.8 Å². The molecule has 2 rings (SSSR count). The molecule has 1 aliphatic rings. The maximum Gasteiger partial charge on any atom is 0.185 e. The maximum atomic E-state index is 5.64. The fourth-order valence-corrected chi connectivity index (χ4v) is 2.62. The fraction of sp³-hybridized carbons (Fsp3) is 0.700. The Balaban J connectivity index is 2.18. The summed E-state index contributed by atoms with van der Waals surface area (Å²) < 4.78 is 5.40. The summed E-state index contributed by atoms with van der Waals surface area (Å²) in [6, 6.07) is 0.332. The molecule has 1 aromatic rings. The molecule has 0 spiro atoms. The molecule has 2 heterocycles. The minimum Gasteiger partial charge on any atom is -0.375 e. The van der Waals surface area contributed by atoms with Crippen LogP contribution in [-0.2, 0) is 17.8 Å². The van der Waals surface area contributed by atoms with E-state index in [1.807, 2.05) is 7.05 Å². The highest BCUT2D eigenvalue weighted by molar-refractivity contribution is 7.15. The van der Waals surface area contributed by atoms with Crippen molar-refractivity contribution in [2.24, 2.45) is 5.73 Å². The third kappa shape index (κ3) is 2.14. The third-order valence-electron chi connectivity index (χ3n) is 2.79. The largest absolute Gasteiger partial charge is 0.375 e. The van der Waals surface area contributed by atoms with E-state index in [0.29, 0.717) is 12.6 Å². The molecule has 2 N–H and O–H groups in total. The summed E-state index contributed by atoms with van der Waals surface area (Å²) in [6.45, 7) is 4.28. The molecule has 15 heavy (non-hydrogen) atoms. The lowest BCUT2D eigenvalue weighted by Gasteiger charge is -2.22. The average Bonchev–Trinajstić information content (AvgIpc) is 2.70. The number of hydrogen-bond acceptors (Lipinski definition) is 5. The summed E-state index contributed by atoms with van der Waals surface area (Å²) in [6.07, 6.45) is 0.941. The van der Waals surface area contributed by atoms with Crippen LogP contribution in [0.3, 0.4) is 0 Å². The molecule has 0 amide bonds. The van der Waals surface area contributed by atoms with Gasteiger partial charge in [0.25, 0.3) is 0 Å². The molecule has 5 heteroatoms. The van der Waals surface area contributed by atoms with Crippen LogP contribution in [0.2, 0.25) is 0 Å². The van der Waals surface area contributed by atoms with E-state index >= 15 is 0 Å². The molecule has 1 atom stereocenters. The van der Waals surface area contributed by atoms with Crippen LogP contribution in [0.1, 0.15) is 17.5 Å². The van der Waals surface area contributed by atoms with Crippen LogP contribution in [0, 0.1) is 0 Å². The van der Waals surface area contributed by atoms with Gasteiger partial charge in [-0.2, -0.15) is 0 Å². The first-order valence-corrected chi connectivity index (χ1v) is 6.03. The predicted molar refractivity (Wildman–Crippen MR) is 62.4 cm³/mol. The van der Waals surface area contributed by atoms with Gasteiger partial charge < -0.3 is 15.4 Å². The monoisotopic (exact) mass is 227 g/mol. The number of nitrogens with two attached hydrogens (primary N) is 1. The third-order valence-corrected chi connectivity index (χ3v) is 3.95. The molecular formula is C10H17N3OS. The van der Waals surface area contributed by atoms with Gasteiger partial charge in [-0.1, -0.05) is 11.3 Å². The maximum absolute atomic E-state index is 5.64. The summed E-state index contributed by atoms with van der Waals surface area (Å²) in [5, 5.41) is 1.06. The Morgan fingerprint density at radius 3 is 3.13 bits per heavy atom. The van der Waals surface area contributed by atoms with Crippen molar-refractivity contribution in [1.29, 1.82) is 0 Å². The van der Waals surface area contributed by atoms with Gasteiger partial charge in [-0.15, -0.1) is 0 Å². The van der Waals surface area contributed by atoms with Gasteiger partial charge in [-0.25, -0.2) is 4.98 Å². The van der Waals surface area contributed by atoms with Crippen LogP contribution >= 0.6 is 11.3 Å². The molecule has 0 aromatic carbocycles. The van der Waals surface area contributed by atoms with Crippen LogP contribution in [0.15, 0.2) is 0 Å². The number of rotatable bonds is 3. The van der Waals surface area contributed by atoms with Gasteiger partial charge in [0.2, 0.25) is 0 Å². The van der Waals surface area contributed by atoms with Crippen molar-refractivity contribution in [1.82, 2.24) is 4.98 Å². The smallest absolute Gasteiger partial charge is 0.185 e. The van der Waals surface area contributed by atoms with Crippen LogP contribution in [0.5, 0.6) is 0 Å². The molecule has 0 radical (unpaired) electrons. The molecule has 4 nitrogen and oxygen atoms in total. The van der Waals surface area contributed by atoms with E-state index in [4.69, 9.17) is 10.5 Å². The summed E-state index contributed by atoms with van der Waals surface area (Å²) in [5.74, 6) is 0. The number of ether oxygens (including phenoxy) is 1. The Hall–Kier alpha value is -0.650. The van der Waals surface area contributed by atoms with E-state index in [1.54, 1.807) is 11.3 Å². The number of fused-ring (bicyclic) bond motifs is 1. The number of thiazole rings is 1. The Morgan fingerprint density at radius 2 is 2.47 bits per heavy atom. The first-order chi connectivity index (χ1) is 7.22. The van der Waals surface area contributed by atoms with Crippen molar-refractivity contribution in [3.63, 3.8) is 0 Å². The van der Waals surface area contributed by atoms with Crippen LogP contribution in [-0.4, -0.2) is 31.2 Å². The van der Waals surface area contributed by atoms with E-state index < -0.39 is 0 Å². The van der Waals surface area contributed by atoms with Crippen LogP contribution < -0.4 is 10.6 Å². The van der Waals surface area contributed by atoms with E-state index in [1.165, 1.54) is 10.6 Å². The molecule has 0 aliphatic carbocycles. The lowest BCUT2D eigenvalue weighted by atomic mass is 10.2. The number of anilines is 1. The van der Waals surface area contributed by atoms with Gasteiger partial charge in [0.15, 0.2) is 5.13 Å². The van der Waals surface area contributed by atoms with Gasteiger partial charge in [-0.3, -0.25) is 0 Å². The standard InChI is InChI=1S/C10H17N3OS/c1-7(5-11)13(2)10-12-8-3-4-14-6-9(8)15-10/h7H,3-6,11H2,1-2H3. The highest BCUT2D eigenvalue weighted by Crippen LogP contribution is 2.29. The van der Waals surface area contributed by atoms with E-state index in [9.17, 15) is 0 Å². The van der Waals surface area contributed by atoms with Crippen molar-refractivity contribution >= 4 is 16.5 Å². The SMILES string of the molecule is CC(CN)N(C)c1nc2c(s1)COCC2. The quantitative estimate of drug-likeness (QED) is 0.837. The highest BCUT2D eigenvalue weighted by atomic mass is 32.1. The first-order valence-electron chi connectivity index (χ1n) is 5.21. The molecule has 0 bridgehead atoms. The minimum atomic E-state index is 0.332. The van der Waals surface area contributed by atoms with Gasteiger partial charge in [0.05, 0.1) is 23.8 Å². The summed E-state index contributed by atoms with van der Waals surface area (Å²) in [7, 11) is 2.04. The molecule has 1 aliphatic heterocycles. The molecule has 84 valence electrons. The molecule has 0 saturated heterocycles. The topological polar surface area (TPSA) is 51.4 Å². The Labute approximate surface area is 94.1 Å². The molecular weight excluding hydrogens is 210 g/mol. The van der Waals surface area contributed by atoms with Gasteiger partial charge >= 0.3 is 0 Å². The second-order valence-electron chi connectivity index (χ2n) is 3.86. The Bertz CT molecular complexity index is 316. The minimum absolute atomic E-state index is 0.332. The molecule has 1 aromatic heterocycles. The van der Waals surface area contributed by atoms with Crippen molar-refractivity contribution in [2.45, 2.75) is 26.0 Å². The first kappa shape index (κ1) is 10.9. The van der Waals surface area contributed by atoms with Crippen molar-refractivity contribution < 1.29 is 4.74 Å². The zero-order valence-electron chi connectivity index (χ0n) is 9.19. The van der Waals surface area contributed by atoms with Gasteiger partial charge in [-0.05, 0) is 6.92 Å². The van der Waals surface area contributed by atoms with Crippen molar-refractivity contribution in [2.75, 3.05) is 25.1 Å². The normalized spacial score (nSPS) is 17.3. The predicted octanol–water partition coefficient (Wildman–Crippen LogP) is 0.999. The van der Waals surface area contributed by atoms with E-state index in [0.717, 1.165) is 24.8 Å². The molecule has 0 fully saturated rings. The van der Waals surface area contributed by atoms with Crippen LogP contribution in [0.4, 0.5) is 5.13 Å². The second-order valence-corrected chi connectivity index (χ2v) is 4.93. The van der Waals surface area contributed by atoms with Gasteiger partial charge in [0, 0.05) is 26.1 Å². The Morgan fingerprint density at radius 1 is 1.67 bits per heavy atom. The van der Waals surface area contributed by atoms with E-state index in [-0.39, 0.29) is 0 Å². The highest BCUT2D eigenvalue weighted by Gasteiger charge is 2.19. The summed E-state index contributed by atoms with van der Waals surface area (Å²) in [5.41, 5.74) is 6.85. The lowest BCUT2D eigenvalue weighted by molar-refractivity contribution is 0.112. The average molecular weight is 227 g/mol. The lowest BCUT2D eigenvalue weighted by Crippen LogP contribution is -2.35.